The van der Waals surface area contributed by atoms with E-state index in [4.69, 9.17) is 10.6 Å². The monoisotopic (exact) mass is 608 g/mol. The first-order valence-electron chi connectivity index (χ1n) is 11.1. The van der Waals surface area contributed by atoms with Crippen molar-refractivity contribution in [2.75, 3.05) is 18.6 Å². The summed E-state index contributed by atoms with van der Waals surface area (Å²) >= 11 is 3.24. The van der Waals surface area contributed by atoms with Crippen LogP contribution in [0.15, 0.2) is 48.0 Å². The molecule has 0 radical (unpaired) electrons. The number of nitrogens with one attached hydrogen (secondary N) is 1. The second kappa shape index (κ2) is 11.9. The molecule has 40 heavy (non-hydrogen) atoms. The summed E-state index contributed by atoms with van der Waals surface area (Å²) in [6, 6.07) is -1.03. The average molecular weight is 609 g/mol. The van der Waals surface area contributed by atoms with Gasteiger partial charge in [-0.3, -0.25) is 28.6 Å². The molecule has 2 atom stereocenters. The first-order valence-corrected chi connectivity index (χ1v) is 13.9. The number of nitrogen functional groups attached to an aromatic ring is 1. The largest absolute Gasteiger partial charge is 0.477 e. The van der Waals surface area contributed by atoms with E-state index in [9.17, 15) is 33.9 Å². The van der Waals surface area contributed by atoms with E-state index >= 15 is 0 Å². The van der Waals surface area contributed by atoms with E-state index in [0.29, 0.717) is 11.9 Å². The highest BCUT2D eigenvalue weighted by Crippen LogP contribution is 2.41. The van der Waals surface area contributed by atoms with Gasteiger partial charge < -0.3 is 25.8 Å². The zero-order valence-corrected chi connectivity index (χ0v) is 23.1. The number of thiazole rings is 1. The summed E-state index contributed by atoms with van der Waals surface area (Å²) in [6.07, 6.45) is 1.88. The average Bonchev–Trinajstić information content (AvgIpc) is 3.36. The summed E-state index contributed by atoms with van der Waals surface area (Å²) in [4.78, 5) is 82.6. The van der Waals surface area contributed by atoms with Crippen molar-refractivity contribution in [2.24, 2.45) is 12.2 Å². The van der Waals surface area contributed by atoms with Gasteiger partial charge in [0.15, 0.2) is 16.0 Å². The molecule has 1 fully saturated rings. The smallest absolute Gasteiger partial charge is 0.352 e. The Bertz CT molecular complexity index is 1610. The molecule has 0 spiro atoms. The lowest BCUT2D eigenvalue weighted by Crippen LogP contribution is -2.71. The van der Waals surface area contributed by atoms with E-state index in [-0.39, 0.29) is 33.1 Å². The number of allylic oxidation sites excluding steroid dienone is 1. The number of rotatable bonds is 10. The molecule has 19 heteroatoms. The molecule has 2 aliphatic heterocycles. The number of amides is 2. The van der Waals surface area contributed by atoms with Gasteiger partial charge >= 0.3 is 17.1 Å². The molecule has 2 aromatic rings. The number of carbonyl (C=O) groups excluding carboxylic acids is 3. The molecule has 2 unspecified atom stereocenters. The number of nitrogens with zero attached hydrogens (tertiary/aromatic N) is 6. The molecule has 0 aliphatic carbocycles. The van der Waals surface area contributed by atoms with Gasteiger partial charge in [-0.05, 0) is 17.1 Å². The molecule has 4 heterocycles. The van der Waals surface area contributed by atoms with Crippen molar-refractivity contribution in [1.82, 2.24) is 29.5 Å². The SMILES string of the molecule is CO/N=C(\C(=O)NC1C(=O)N2C(C(=O)O)=C(/C=C/Sc3nn(CC=O)c(=O)c(=O)n3C)CSC12)c1csc(N)n1. The summed E-state index contributed by atoms with van der Waals surface area (Å²) in [6.45, 7) is -0.399. The lowest BCUT2D eigenvalue weighted by atomic mass is 10.0. The number of carboxylic acid groups (broad SMARTS) is 1. The molecule has 2 aliphatic rings. The molecule has 0 saturated carbocycles. The van der Waals surface area contributed by atoms with Gasteiger partial charge in [0, 0.05) is 18.2 Å². The van der Waals surface area contributed by atoms with Crippen molar-refractivity contribution in [1.29, 1.82) is 0 Å². The quantitative estimate of drug-likeness (QED) is 0.0704. The van der Waals surface area contributed by atoms with Crippen LogP contribution >= 0.6 is 34.9 Å². The third-order valence-corrected chi connectivity index (χ3v) is 8.37. The van der Waals surface area contributed by atoms with Crippen LogP contribution in [0.2, 0.25) is 0 Å². The van der Waals surface area contributed by atoms with E-state index in [2.05, 4.69) is 20.6 Å². The summed E-state index contributed by atoms with van der Waals surface area (Å²) in [5.41, 5.74) is 3.79. The van der Waals surface area contributed by atoms with Crippen molar-refractivity contribution in [3.63, 3.8) is 0 Å². The third kappa shape index (κ3) is 5.42. The number of nitrogens with two attached hydrogens (primary N) is 1. The minimum Gasteiger partial charge on any atom is -0.477 e. The fraction of sp³-hybridized carbons (Fsp3) is 0.286. The molecular weight excluding hydrogens is 588 g/mol. The van der Waals surface area contributed by atoms with Gasteiger partial charge in [0.1, 0.15) is 42.7 Å². The fourth-order valence-corrected chi connectivity index (χ4v) is 6.31. The number of hydrogen-bond acceptors (Lipinski definition) is 14. The van der Waals surface area contributed by atoms with E-state index in [1.54, 1.807) is 0 Å². The van der Waals surface area contributed by atoms with E-state index < -0.39 is 46.9 Å². The predicted octanol–water partition coefficient (Wildman–Crippen LogP) is -1.43. The van der Waals surface area contributed by atoms with Gasteiger partial charge in [-0.15, -0.1) is 28.2 Å². The number of carbonyl (C=O) groups is 4. The lowest BCUT2D eigenvalue weighted by Gasteiger charge is -2.49. The summed E-state index contributed by atoms with van der Waals surface area (Å²) in [7, 11) is 2.57. The molecule has 0 bridgehead atoms. The van der Waals surface area contributed by atoms with Gasteiger partial charge in [-0.2, -0.15) is 0 Å². The highest BCUT2D eigenvalue weighted by atomic mass is 32.2. The molecular formula is C21H20N8O8S3. The van der Waals surface area contributed by atoms with Crippen LogP contribution in [0.3, 0.4) is 0 Å². The first kappa shape index (κ1) is 28.8. The maximum absolute atomic E-state index is 13.0. The van der Waals surface area contributed by atoms with Gasteiger partial charge in [-0.25, -0.2) is 14.5 Å². The number of fused-ring (bicyclic) bond motifs is 1. The minimum absolute atomic E-state index is 0.0831. The number of hydrogen-bond donors (Lipinski definition) is 3. The number of β-lactam (4-membered cyclic amide) rings is 1. The van der Waals surface area contributed by atoms with Crippen LogP contribution in [0.1, 0.15) is 5.69 Å². The van der Waals surface area contributed by atoms with Crippen LogP contribution in [0, 0.1) is 0 Å². The van der Waals surface area contributed by atoms with Crippen molar-refractivity contribution in [2.45, 2.75) is 23.1 Å². The zero-order valence-electron chi connectivity index (χ0n) is 20.7. The molecule has 1 saturated heterocycles. The molecule has 2 aromatic heterocycles. The molecule has 16 nitrogen and oxygen atoms in total. The molecule has 0 aromatic carbocycles. The van der Waals surface area contributed by atoms with Gasteiger partial charge in [0.05, 0.1) is 0 Å². The Morgan fingerprint density at radius 3 is 2.73 bits per heavy atom. The topological polar surface area (TPSA) is 221 Å². The van der Waals surface area contributed by atoms with E-state index in [0.717, 1.165) is 37.2 Å². The standard InChI is InChI=1S/C21H20N8O8S3/c1-27-16(33)17(34)28(4-5-30)25-21(27)38-6-3-9-7-39-18-12(15(32)29(18)13(9)19(35)36)24-14(31)11(26-37-2)10-8-40-20(22)23-10/h3,5-6,8,12,18H,4,7H2,1-2H3,(H2,22,23)(H,24,31)(H,35,36)/b6-3+,26-11-. The van der Waals surface area contributed by atoms with Gasteiger partial charge in [-0.1, -0.05) is 16.9 Å². The second-order valence-corrected chi connectivity index (χ2v) is 10.8. The number of aromatic nitrogens is 4. The van der Waals surface area contributed by atoms with Crippen LogP contribution < -0.4 is 22.2 Å². The van der Waals surface area contributed by atoms with Crippen molar-refractivity contribution < 1.29 is 29.1 Å². The maximum Gasteiger partial charge on any atom is 0.352 e. The Hall–Kier alpha value is -4.23. The Balaban J connectivity index is 1.53. The third-order valence-electron chi connectivity index (χ3n) is 5.55. The van der Waals surface area contributed by atoms with Crippen molar-refractivity contribution in [3.8, 4) is 0 Å². The van der Waals surface area contributed by atoms with E-state index in [1.165, 1.54) is 42.8 Å². The number of aldehydes is 1. The van der Waals surface area contributed by atoms with Crippen molar-refractivity contribution in [3.05, 3.63) is 54.5 Å². The highest BCUT2D eigenvalue weighted by Gasteiger charge is 2.54. The fourth-order valence-electron chi connectivity index (χ4n) is 3.70. The minimum atomic E-state index is -1.35. The first-order chi connectivity index (χ1) is 19.1. The van der Waals surface area contributed by atoms with Crippen LogP contribution in [0.25, 0.3) is 0 Å². The number of oxime groups is 1. The predicted molar refractivity (Wildman–Crippen MR) is 145 cm³/mol. The van der Waals surface area contributed by atoms with Crippen LogP contribution in [-0.4, -0.2) is 83.4 Å². The summed E-state index contributed by atoms with van der Waals surface area (Å²) < 4.78 is 1.73. The Labute approximate surface area is 236 Å². The molecule has 210 valence electrons. The number of aliphatic carboxylic acids is 1. The maximum atomic E-state index is 13.0. The zero-order chi connectivity index (χ0) is 29.1. The molecule has 4 rings (SSSR count). The normalized spacial score (nSPS) is 18.9. The number of anilines is 1. The Morgan fingerprint density at radius 1 is 1.35 bits per heavy atom. The highest BCUT2D eigenvalue weighted by molar-refractivity contribution is 8.02. The number of thioether (sulfide) groups is 2. The van der Waals surface area contributed by atoms with Gasteiger partial charge in [0.25, 0.3) is 11.8 Å². The van der Waals surface area contributed by atoms with Crippen LogP contribution in [0.4, 0.5) is 5.13 Å². The molecule has 4 N–H and O–H groups in total. The lowest BCUT2D eigenvalue weighted by molar-refractivity contribution is -0.150. The van der Waals surface area contributed by atoms with Crippen molar-refractivity contribution >= 4 is 69.8 Å². The van der Waals surface area contributed by atoms with Crippen LogP contribution in [-0.2, 0) is 37.6 Å². The Kier molecular flexibility index (Phi) is 8.55. The van der Waals surface area contributed by atoms with Crippen LogP contribution in [0.5, 0.6) is 0 Å². The summed E-state index contributed by atoms with van der Waals surface area (Å²) in [5, 5.41) is 22.6. The molecule has 2 amide bonds. The van der Waals surface area contributed by atoms with Gasteiger partial charge in [0.2, 0.25) is 0 Å². The summed E-state index contributed by atoms with van der Waals surface area (Å²) in [5.74, 6) is -2.56. The Morgan fingerprint density at radius 2 is 2.10 bits per heavy atom. The van der Waals surface area contributed by atoms with E-state index in [1.807, 2.05) is 0 Å². The number of carboxylic acids is 1. The second-order valence-electron chi connectivity index (χ2n) is 7.95.